The number of phenols is 1. The summed E-state index contributed by atoms with van der Waals surface area (Å²) in [7, 11) is 0. The summed E-state index contributed by atoms with van der Waals surface area (Å²) in [4.78, 5) is 63.9. The Kier molecular flexibility index (Phi) is 4.70. The van der Waals surface area contributed by atoms with E-state index in [1.54, 1.807) is 18.2 Å². The standard InChI is InChI=1S/C24H23NO8/c25-23(32)17-14(26)8-13-19(28)12-7-10-4-5-11(6-9-2-1-3-9)18(27)15(10)20(29)16(12)21(30)24(13,33)22(17)31/h4-6,12-13,16-17,19,27-28,33H,1-3,7-8H2,(H2,25,32)/t12-,13-,16?,17?,19+,24+/m1/s1. The lowest BCUT2D eigenvalue weighted by atomic mass is 9.52. The van der Waals surface area contributed by atoms with E-state index in [1.165, 1.54) is 0 Å². The van der Waals surface area contributed by atoms with Crippen molar-refractivity contribution < 1.29 is 39.3 Å². The minimum absolute atomic E-state index is 0.0390. The summed E-state index contributed by atoms with van der Waals surface area (Å²) in [6.45, 7) is 0. The molecule has 1 aromatic rings. The number of ketones is 4. The Labute approximate surface area is 188 Å². The van der Waals surface area contributed by atoms with Crippen molar-refractivity contribution in [2.45, 2.75) is 43.8 Å². The van der Waals surface area contributed by atoms with E-state index in [2.05, 4.69) is 0 Å². The van der Waals surface area contributed by atoms with Crippen molar-refractivity contribution in [2.24, 2.45) is 29.4 Å². The molecule has 5 N–H and O–H groups in total. The third-order valence-electron chi connectivity index (χ3n) is 7.77. The molecule has 172 valence electrons. The smallest absolute Gasteiger partial charge is 0.235 e. The minimum Gasteiger partial charge on any atom is -0.507 e. The molecule has 1 aromatic carbocycles. The lowest BCUT2D eigenvalue weighted by Crippen LogP contribution is -2.72. The molecule has 0 heterocycles. The van der Waals surface area contributed by atoms with Gasteiger partial charge in [0.1, 0.15) is 5.75 Å². The number of aliphatic hydroxyl groups is 2. The van der Waals surface area contributed by atoms with Gasteiger partial charge in [0.2, 0.25) is 5.91 Å². The number of fused-ring (bicyclic) bond motifs is 3. The Morgan fingerprint density at radius 1 is 1.09 bits per heavy atom. The lowest BCUT2D eigenvalue weighted by Gasteiger charge is -2.51. The number of rotatable bonds is 2. The van der Waals surface area contributed by atoms with Crippen LogP contribution in [0.4, 0.5) is 0 Å². The fourth-order valence-electron chi connectivity index (χ4n) is 5.84. The molecule has 1 amide bonds. The number of hydrogen-bond donors (Lipinski definition) is 4. The normalized spacial score (nSPS) is 35.3. The molecule has 4 aliphatic carbocycles. The van der Waals surface area contributed by atoms with Crippen LogP contribution in [-0.2, 0) is 25.6 Å². The fourth-order valence-corrected chi connectivity index (χ4v) is 5.84. The average Bonchev–Trinajstić information content (AvgIpc) is 2.72. The first-order chi connectivity index (χ1) is 15.6. The molecule has 9 heteroatoms. The maximum absolute atomic E-state index is 13.5. The van der Waals surface area contributed by atoms with E-state index in [-0.39, 0.29) is 17.7 Å². The summed E-state index contributed by atoms with van der Waals surface area (Å²) in [5, 5.41) is 33.0. The number of primary amides is 1. The zero-order chi connectivity index (χ0) is 23.8. The van der Waals surface area contributed by atoms with Crippen LogP contribution in [0.15, 0.2) is 17.7 Å². The molecular weight excluding hydrogens is 430 g/mol. The zero-order valence-corrected chi connectivity index (χ0v) is 17.6. The maximum Gasteiger partial charge on any atom is 0.235 e. The van der Waals surface area contributed by atoms with Crippen LogP contribution < -0.4 is 5.73 Å². The second kappa shape index (κ2) is 7.16. The Bertz CT molecular complexity index is 1180. The number of aliphatic hydroxyl groups excluding tert-OH is 1. The molecule has 0 aromatic heterocycles. The van der Waals surface area contributed by atoms with E-state index < -0.39 is 70.8 Å². The molecule has 3 saturated carbocycles. The highest BCUT2D eigenvalue weighted by atomic mass is 16.3. The van der Waals surface area contributed by atoms with Gasteiger partial charge in [-0.3, -0.25) is 24.0 Å². The van der Waals surface area contributed by atoms with Gasteiger partial charge in [0.05, 0.1) is 17.6 Å². The van der Waals surface area contributed by atoms with Gasteiger partial charge in [-0.25, -0.2) is 0 Å². The Morgan fingerprint density at radius 3 is 2.39 bits per heavy atom. The van der Waals surface area contributed by atoms with Gasteiger partial charge in [0.25, 0.3) is 0 Å². The molecule has 4 aliphatic rings. The van der Waals surface area contributed by atoms with E-state index in [4.69, 9.17) is 5.73 Å². The topological polar surface area (TPSA) is 172 Å². The van der Waals surface area contributed by atoms with Crippen LogP contribution in [0.1, 0.15) is 47.2 Å². The van der Waals surface area contributed by atoms with Gasteiger partial charge in [0.15, 0.2) is 34.7 Å². The Balaban J connectivity index is 1.60. The van der Waals surface area contributed by atoms with Crippen LogP contribution in [0, 0.1) is 23.7 Å². The van der Waals surface area contributed by atoms with Crippen molar-refractivity contribution in [3.63, 3.8) is 0 Å². The van der Waals surface area contributed by atoms with E-state index in [9.17, 15) is 39.3 Å². The number of Topliss-reactive ketones (excluding diaryl/α,β-unsaturated/α-hetero) is 4. The summed E-state index contributed by atoms with van der Waals surface area (Å²) in [6, 6.07) is 3.33. The Hall–Kier alpha value is -3.17. The summed E-state index contributed by atoms with van der Waals surface area (Å²) >= 11 is 0. The van der Waals surface area contributed by atoms with E-state index in [0.717, 1.165) is 24.8 Å². The molecule has 0 aliphatic heterocycles. The van der Waals surface area contributed by atoms with Gasteiger partial charge in [-0.2, -0.15) is 0 Å². The van der Waals surface area contributed by atoms with Crippen molar-refractivity contribution >= 4 is 35.1 Å². The van der Waals surface area contributed by atoms with Gasteiger partial charge in [-0.1, -0.05) is 23.8 Å². The highest BCUT2D eigenvalue weighted by Crippen LogP contribution is 2.50. The van der Waals surface area contributed by atoms with Crippen LogP contribution in [0.2, 0.25) is 0 Å². The molecule has 0 bridgehead atoms. The number of aromatic hydroxyl groups is 1. The van der Waals surface area contributed by atoms with Crippen LogP contribution in [0.5, 0.6) is 5.75 Å². The van der Waals surface area contributed by atoms with E-state index in [1.807, 2.05) is 0 Å². The Morgan fingerprint density at radius 2 is 1.79 bits per heavy atom. The highest BCUT2D eigenvalue weighted by Gasteiger charge is 2.69. The molecule has 33 heavy (non-hydrogen) atoms. The highest BCUT2D eigenvalue weighted by molar-refractivity contribution is 6.31. The zero-order valence-electron chi connectivity index (χ0n) is 17.6. The van der Waals surface area contributed by atoms with Crippen LogP contribution in [0.3, 0.4) is 0 Å². The van der Waals surface area contributed by atoms with Crippen molar-refractivity contribution in [3.8, 4) is 5.75 Å². The predicted octanol–water partition coefficient (Wildman–Crippen LogP) is -0.135. The van der Waals surface area contributed by atoms with Gasteiger partial charge in [-0.05, 0) is 31.2 Å². The van der Waals surface area contributed by atoms with Crippen molar-refractivity contribution in [3.05, 3.63) is 34.4 Å². The molecule has 0 spiro atoms. The maximum atomic E-state index is 13.5. The molecule has 0 radical (unpaired) electrons. The molecule has 9 nitrogen and oxygen atoms in total. The minimum atomic E-state index is -2.89. The third kappa shape index (κ3) is 2.82. The molecule has 0 saturated heterocycles. The molecule has 3 fully saturated rings. The van der Waals surface area contributed by atoms with Gasteiger partial charge in [-0.15, -0.1) is 0 Å². The SMILES string of the molecule is NC(=O)C1C(=O)C[C@@H]2[C@@H](O)[C@@H]3Cc4ccc(C=C5CCC5)c(O)c4C(=O)C3C(=O)[C@]2(O)C1=O. The van der Waals surface area contributed by atoms with Crippen molar-refractivity contribution in [2.75, 3.05) is 0 Å². The van der Waals surface area contributed by atoms with Gasteiger partial charge in [0, 0.05) is 23.8 Å². The molecular formula is C24H23NO8. The number of carbonyl (C=O) groups is 5. The first-order valence-electron chi connectivity index (χ1n) is 11.0. The molecule has 2 unspecified atom stereocenters. The molecule has 6 atom stereocenters. The van der Waals surface area contributed by atoms with Gasteiger partial charge >= 0.3 is 0 Å². The van der Waals surface area contributed by atoms with Crippen LogP contribution >= 0.6 is 0 Å². The largest absolute Gasteiger partial charge is 0.507 e. The second-order valence-corrected chi connectivity index (χ2v) is 9.50. The van der Waals surface area contributed by atoms with Crippen LogP contribution in [0.25, 0.3) is 6.08 Å². The quantitative estimate of drug-likeness (QED) is 0.448. The number of phenolic OH excluding ortho intramolecular Hbond substituents is 1. The summed E-state index contributed by atoms with van der Waals surface area (Å²) in [5.74, 6) is -11.9. The lowest BCUT2D eigenvalue weighted by molar-refractivity contribution is -0.188. The first-order valence-corrected chi connectivity index (χ1v) is 11.0. The number of amides is 1. The number of allylic oxidation sites excluding steroid dienone is 1. The third-order valence-corrected chi connectivity index (χ3v) is 7.77. The number of carbonyl (C=O) groups excluding carboxylic acids is 5. The number of benzene rings is 1. The second-order valence-electron chi connectivity index (χ2n) is 9.50. The van der Waals surface area contributed by atoms with Crippen molar-refractivity contribution in [1.29, 1.82) is 0 Å². The van der Waals surface area contributed by atoms with E-state index in [0.29, 0.717) is 11.1 Å². The average molecular weight is 453 g/mol. The van der Waals surface area contributed by atoms with Crippen molar-refractivity contribution in [1.82, 2.24) is 0 Å². The van der Waals surface area contributed by atoms with E-state index >= 15 is 0 Å². The van der Waals surface area contributed by atoms with Gasteiger partial charge < -0.3 is 21.1 Å². The number of hydrogen-bond acceptors (Lipinski definition) is 8. The molecule has 5 rings (SSSR count). The summed E-state index contributed by atoms with van der Waals surface area (Å²) < 4.78 is 0. The summed E-state index contributed by atoms with van der Waals surface area (Å²) in [5.41, 5.74) is 4.20. The van der Waals surface area contributed by atoms with Crippen LogP contribution in [-0.4, -0.2) is 56.1 Å². The monoisotopic (exact) mass is 453 g/mol. The fraction of sp³-hybridized carbons (Fsp3) is 0.458. The predicted molar refractivity (Wildman–Crippen MR) is 112 cm³/mol. The number of nitrogens with two attached hydrogens (primary N) is 1. The first kappa shape index (κ1) is 21.7. The summed E-state index contributed by atoms with van der Waals surface area (Å²) in [6.07, 6.45) is 2.56.